The van der Waals surface area contributed by atoms with E-state index >= 15 is 0 Å². The monoisotopic (exact) mass is 316 g/mol. The normalized spacial score (nSPS) is 13.0. The summed E-state index contributed by atoms with van der Waals surface area (Å²) in [5, 5.41) is 3.33. The molecule has 0 amide bonds. The number of benzene rings is 2. The van der Waals surface area contributed by atoms with E-state index in [2.05, 4.69) is 70.7 Å². The van der Waals surface area contributed by atoms with Crippen molar-refractivity contribution in [1.82, 2.24) is 9.97 Å². The summed E-state index contributed by atoms with van der Waals surface area (Å²) in [6.45, 7) is 3.79. The van der Waals surface area contributed by atoms with Gasteiger partial charge in [-0.15, -0.1) is 0 Å². The van der Waals surface area contributed by atoms with Crippen molar-refractivity contribution in [3.63, 3.8) is 0 Å². The molecule has 0 unspecified atom stereocenters. The first-order valence-electron chi connectivity index (χ1n) is 8.27. The molecule has 3 aromatic rings. The fourth-order valence-electron chi connectivity index (χ4n) is 3.16. The summed E-state index contributed by atoms with van der Waals surface area (Å²) in [5.41, 5.74) is 5.12. The highest BCUT2D eigenvalue weighted by Crippen LogP contribution is 2.33. The Morgan fingerprint density at radius 1 is 1.08 bits per heavy atom. The smallest absolute Gasteiger partial charge is 0.224 e. The van der Waals surface area contributed by atoms with Crippen LogP contribution in [0.4, 0.5) is 17.5 Å². The largest absolute Gasteiger partial charge is 0.350 e. The standard InChI is InChI=1S/C20H20N4/c1-15-5-4-6-16(13-15)14-22-20-21-11-9-19(23-20)24-12-10-17-7-2-3-8-18(17)24/h2-9,11,13H,10,12,14H2,1H3,(H,21,22,23). The lowest BCUT2D eigenvalue weighted by Gasteiger charge is -2.18. The van der Waals surface area contributed by atoms with Crippen LogP contribution in [0.1, 0.15) is 16.7 Å². The van der Waals surface area contributed by atoms with Crippen molar-refractivity contribution < 1.29 is 0 Å². The van der Waals surface area contributed by atoms with Gasteiger partial charge in [-0.05, 0) is 36.6 Å². The molecule has 1 aromatic heterocycles. The molecule has 1 aliphatic rings. The van der Waals surface area contributed by atoms with Crippen LogP contribution in [0.3, 0.4) is 0 Å². The molecule has 4 nitrogen and oxygen atoms in total. The molecule has 0 spiro atoms. The van der Waals surface area contributed by atoms with Crippen LogP contribution in [0.5, 0.6) is 0 Å². The summed E-state index contributed by atoms with van der Waals surface area (Å²) in [6, 6.07) is 19.0. The average Bonchev–Trinajstić information content (AvgIpc) is 3.04. The van der Waals surface area contributed by atoms with Crippen molar-refractivity contribution in [1.29, 1.82) is 0 Å². The molecule has 1 aliphatic heterocycles. The number of anilines is 3. The molecular weight excluding hydrogens is 296 g/mol. The highest BCUT2D eigenvalue weighted by atomic mass is 15.2. The van der Waals surface area contributed by atoms with E-state index in [9.17, 15) is 0 Å². The molecule has 0 fully saturated rings. The summed E-state index contributed by atoms with van der Waals surface area (Å²) < 4.78 is 0. The van der Waals surface area contributed by atoms with Gasteiger partial charge in [-0.25, -0.2) is 4.98 Å². The fraction of sp³-hybridized carbons (Fsp3) is 0.200. The van der Waals surface area contributed by atoms with E-state index in [0.29, 0.717) is 5.95 Å². The highest BCUT2D eigenvalue weighted by Gasteiger charge is 2.20. The van der Waals surface area contributed by atoms with Crippen LogP contribution in [0.2, 0.25) is 0 Å². The summed E-state index contributed by atoms with van der Waals surface area (Å²) in [6.07, 6.45) is 2.88. The molecule has 120 valence electrons. The Bertz CT molecular complexity index is 860. The predicted octanol–water partition coefficient (Wildman–Crippen LogP) is 4.09. The van der Waals surface area contributed by atoms with Crippen molar-refractivity contribution in [2.45, 2.75) is 19.9 Å². The maximum absolute atomic E-state index is 4.69. The van der Waals surface area contributed by atoms with Crippen LogP contribution in [-0.4, -0.2) is 16.5 Å². The number of aryl methyl sites for hydroxylation is 1. The molecule has 0 radical (unpaired) electrons. The van der Waals surface area contributed by atoms with Crippen LogP contribution in [0.15, 0.2) is 60.8 Å². The first kappa shape index (κ1) is 14.7. The Morgan fingerprint density at radius 3 is 2.92 bits per heavy atom. The molecule has 0 saturated heterocycles. The van der Waals surface area contributed by atoms with Gasteiger partial charge in [0.15, 0.2) is 0 Å². The molecule has 0 aliphatic carbocycles. The predicted molar refractivity (Wildman–Crippen MR) is 97.7 cm³/mol. The molecule has 2 aromatic carbocycles. The van der Waals surface area contributed by atoms with Crippen LogP contribution in [0, 0.1) is 6.92 Å². The van der Waals surface area contributed by atoms with Gasteiger partial charge in [-0.3, -0.25) is 0 Å². The van der Waals surface area contributed by atoms with Crippen molar-refractivity contribution in [2.75, 3.05) is 16.8 Å². The van der Waals surface area contributed by atoms with Crippen molar-refractivity contribution in [3.05, 3.63) is 77.5 Å². The molecule has 24 heavy (non-hydrogen) atoms. The van der Waals surface area contributed by atoms with Crippen molar-refractivity contribution in [2.24, 2.45) is 0 Å². The third kappa shape index (κ3) is 2.95. The number of aromatic nitrogens is 2. The quantitative estimate of drug-likeness (QED) is 0.787. The van der Waals surface area contributed by atoms with E-state index in [0.717, 1.165) is 25.3 Å². The number of nitrogens with one attached hydrogen (secondary N) is 1. The van der Waals surface area contributed by atoms with Gasteiger partial charge < -0.3 is 10.2 Å². The van der Waals surface area contributed by atoms with Crippen LogP contribution < -0.4 is 10.2 Å². The highest BCUT2D eigenvalue weighted by molar-refractivity contribution is 5.67. The van der Waals surface area contributed by atoms with Crippen LogP contribution >= 0.6 is 0 Å². The van der Waals surface area contributed by atoms with Gasteiger partial charge in [0.25, 0.3) is 0 Å². The zero-order chi connectivity index (χ0) is 16.4. The van der Waals surface area contributed by atoms with Gasteiger partial charge in [0, 0.05) is 25.0 Å². The van der Waals surface area contributed by atoms with Gasteiger partial charge in [0.1, 0.15) is 5.82 Å². The van der Waals surface area contributed by atoms with Gasteiger partial charge >= 0.3 is 0 Å². The minimum Gasteiger partial charge on any atom is -0.350 e. The lowest BCUT2D eigenvalue weighted by Crippen LogP contribution is -2.16. The molecule has 2 heterocycles. The Hall–Kier alpha value is -2.88. The van der Waals surface area contributed by atoms with Gasteiger partial charge in [0.05, 0.1) is 0 Å². The third-order valence-corrected chi connectivity index (χ3v) is 4.34. The summed E-state index contributed by atoms with van der Waals surface area (Å²) in [4.78, 5) is 11.3. The minimum absolute atomic E-state index is 0.665. The molecular formula is C20H20N4. The maximum Gasteiger partial charge on any atom is 0.224 e. The van der Waals surface area contributed by atoms with Crippen LogP contribution in [0.25, 0.3) is 0 Å². The molecule has 0 saturated carbocycles. The Labute approximate surface area is 142 Å². The fourth-order valence-corrected chi connectivity index (χ4v) is 3.16. The Kier molecular flexibility index (Phi) is 3.87. The van der Waals surface area contributed by atoms with E-state index in [1.807, 2.05) is 12.3 Å². The number of rotatable bonds is 4. The number of hydrogen-bond donors (Lipinski definition) is 1. The zero-order valence-electron chi connectivity index (χ0n) is 13.7. The molecule has 4 rings (SSSR count). The summed E-state index contributed by atoms with van der Waals surface area (Å²) >= 11 is 0. The third-order valence-electron chi connectivity index (χ3n) is 4.34. The second-order valence-corrected chi connectivity index (χ2v) is 6.11. The topological polar surface area (TPSA) is 41.1 Å². The lowest BCUT2D eigenvalue weighted by molar-refractivity contribution is 0.957. The lowest BCUT2D eigenvalue weighted by atomic mass is 10.1. The van der Waals surface area contributed by atoms with Gasteiger partial charge in [-0.2, -0.15) is 4.98 Å². The first-order valence-corrected chi connectivity index (χ1v) is 8.27. The average molecular weight is 316 g/mol. The van der Waals surface area contributed by atoms with E-state index in [-0.39, 0.29) is 0 Å². The molecule has 4 heteroatoms. The van der Waals surface area contributed by atoms with E-state index in [4.69, 9.17) is 4.98 Å². The number of para-hydroxylation sites is 1. The Balaban J connectivity index is 1.52. The second-order valence-electron chi connectivity index (χ2n) is 6.11. The van der Waals surface area contributed by atoms with E-state index in [1.165, 1.54) is 22.4 Å². The van der Waals surface area contributed by atoms with E-state index in [1.54, 1.807) is 0 Å². The number of nitrogens with zero attached hydrogens (tertiary/aromatic N) is 3. The van der Waals surface area contributed by atoms with Crippen molar-refractivity contribution >= 4 is 17.5 Å². The van der Waals surface area contributed by atoms with Gasteiger partial charge in [0.2, 0.25) is 5.95 Å². The molecule has 0 atom stereocenters. The first-order chi connectivity index (χ1) is 11.8. The second kappa shape index (κ2) is 6.32. The summed E-state index contributed by atoms with van der Waals surface area (Å²) in [5.74, 6) is 1.61. The Morgan fingerprint density at radius 2 is 2.00 bits per heavy atom. The SMILES string of the molecule is Cc1cccc(CNc2nccc(N3CCc4ccccc43)n2)c1. The van der Waals surface area contributed by atoms with Gasteiger partial charge in [-0.1, -0.05) is 48.0 Å². The maximum atomic E-state index is 4.69. The zero-order valence-corrected chi connectivity index (χ0v) is 13.7. The summed E-state index contributed by atoms with van der Waals surface area (Å²) in [7, 11) is 0. The van der Waals surface area contributed by atoms with E-state index < -0.39 is 0 Å². The molecule has 1 N–H and O–H groups in total. The molecule has 0 bridgehead atoms. The number of hydrogen-bond acceptors (Lipinski definition) is 4. The van der Waals surface area contributed by atoms with Crippen molar-refractivity contribution in [3.8, 4) is 0 Å². The number of fused-ring (bicyclic) bond motifs is 1. The van der Waals surface area contributed by atoms with Crippen LogP contribution in [-0.2, 0) is 13.0 Å². The minimum atomic E-state index is 0.665.